The van der Waals surface area contributed by atoms with Crippen molar-refractivity contribution in [2.75, 3.05) is 11.9 Å². The number of fused-ring (bicyclic) bond motifs is 3. The number of hydrogen-bond acceptors (Lipinski definition) is 5. The van der Waals surface area contributed by atoms with Crippen LogP contribution in [0.4, 0.5) is 10.6 Å². The number of carboxylic acids is 1. The first-order chi connectivity index (χ1) is 17.0. The summed E-state index contributed by atoms with van der Waals surface area (Å²) in [4.78, 5) is 40.3. The van der Waals surface area contributed by atoms with Crippen molar-refractivity contribution in [3.63, 3.8) is 0 Å². The van der Waals surface area contributed by atoms with Crippen molar-refractivity contribution >= 4 is 23.8 Å². The fourth-order valence-corrected chi connectivity index (χ4v) is 4.60. The van der Waals surface area contributed by atoms with Gasteiger partial charge in [0.1, 0.15) is 18.1 Å². The smallest absolute Gasteiger partial charge is 0.412 e. The highest BCUT2D eigenvalue weighted by Gasteiger charge is 2.29. The Morgan fingerprint density at radius 3 is 2.26 bits per heavy atom. The Labute approximate surface area is 201 Å². The second kappa shape index (κ2) is 9.42. The predicted molar refractivity (Wildman–Crippen MR) is 129 cm³/mol. The largest absolute Gasteiger partial charge is 0.481 e. The van der Waals surface area contributed by atoms with E-state index in [9.17, 15) is 14.4 Å². The summed E-state index contributed by atoms with van der Waals surface area (Å²) in [6.45, 7) is 0.165. The molecule has 0 bridgehead atoms. The molecule has 0 spiro atoms. The van der Waals surface area contributed by atoms with Crippen LogP contribution in [0, 0.1) is 5.92 Å². The molecule has 0 aliphatic heterocycles. The van der Waals surface area contributed by atoms with Gasteiger partial charge >= 0.3 is 12.1 Å². The van der Waals surface area contributed by atoms with Crippen LogP contribution < -0.4 is 10.6 Å². The van der Waals surface area contributed by atoms with Crippen molar-refractivity contribution in [1.29, 1.82) is 0 Å². The van der Waals surface area contributed by atoms with Gasteiger partial charge in [0.25, 0.3) is 5.91 Å². The van der Waals surface area contributed by atoms with Crippen molar-refractivity contribution in [3.8, 4) is 11.1 Å². The summed E-state index contributed by atoms with van der Waals surface area (Å²) >= 11 is 0. The fraction of sp³-hybridized carbons (Fsp3) is 0.185. The molecule has 2 aliphatic carbocycles. The zero-order valence-electron chi connectivity index (χ0n) is 18.7. The van der Waals surface area contributed by atoms with Crippen LogP contribution in [0.2, 0.25) is 0 Å². The van der Waals surface area contributed by atoms with E-state index in [2.05, 4.69) is 27.8 Å². The molecule has 3 N–H and O–H groups in total. The lowest BCUT2D eigenvalue weighted by molar-refractivity contribution is -0.140. The number of benzene rings is 2. The number of carbonyl (C=O) groups is 3. The second-order valence-corrected chi connectivity index (χ2v) is 8.50. The quantitative estimate of drug-likeness (QED) is 0.466. The third-order valence-electron chi connectivity index (χ3n) is 6.27. The van der Waals surface area contributed by atoms with Gasteiger partial charge in [0.05, 0.1) is 5.92 Å². The Kier molecular flexibility index (Phi) is 6.01. The van der Waals surface area contributed by atoms with Crippen LogP contribution in [0.15, 0.2) is 78.9 Å². The first-order valence-corrected chi connectivity index (χ1v) is 11.3. The molecule has 2 aliphatic rings. The zero-order valence-corrected chi connectivity index (χ0v) is 18.7. The molecule has 35 heavy (non-hydrogen) atoms. The maximum atomic E-state index is 12.5. The molecule has 3 aromatic rings. The molecule has 0 saturated heterocycles. The van der Waals surface area contributed by atoms with Gasteiger partial charge in [0.2, 0.25) is 0 Å². The van der Waals surface area contributed by atoms with E-state index in [0.717, 1.165) is 22.3 Å². The summed E-state index contributed by atoms with van der Waals surface area (Å²) in [5.74, 6) is -1.88. The van der Waals surface area contributed by atoms with Crippen LogP contribution in [0.5, 0.6) is 0 Å². The molecule has 1 heterocycles. The number of anilines is 1. The molecule has 0 fully saturated rings. The van der Waals surface area contributed by atoms with Crippen LogP contribution in [0.3, 0.4) is 0 Å². The van der Waals surface area contributed by atoms with Gasteiger partial charge in [-0.3, -0.25) is 14.9 Å². The van der Waals surface area contributed by atoms with Crippen LogP contribution in [-0.4, -0.2) is 40.7 Å². The predicted octanol–water partition coefficient (Wildman–Crippen LogP) is 4.20. The molecular formula is C27H23N3O5. The fourth-order valence-electron chi connectivity index (χ4n) is 4.60. The Hall–Kier alpha value is -4.46. The van der Waals surface area contributed by atoms with Crippen LogP contribution in [0.1, 0.15) is 34.0 Å². The highest BCUT2D eigenvalue weighted by Crippen LogP contribution is 2.44. The lowest BCUT2D eigenvalue weighted by atomic mass is 9.98. The molecule has 5 rings (SSSR count). The van der Waals surface area contributed by atoms with E-state index >= 15 is 0 Å². The third-order valence-corrected chi connectivity index (χ3v) is 6.27. The lowest BCUT2D eigenvalue weighted by Gasteiger charge is -2.15. The summed E-state index contributed by atoms with van der Waals surface area (Å²) in [5, 5.41) is 14.4. The minimum Gasteiger partial charge on any atom is -0.481 e. The second-order valence-electron chi connectivity index (χ2n) is 8.50. The van der Waals surface area contributed by atoms with E-state index in [1.165, 1.54) is 6.07 Å². The number of aromatic nitrogens is 1. The van der Waals surface area contributed by atoms with E-state index in [0.29, 0.717) is 6.42 Å². The number of ether oxygens (including phenoxy) is 1. The first-order valence-electron chi connectivity index (χ1n) is 11.3. The number of hydrogen-bond donors (Lipinski definition) is 3. The van der Waals surface area contributed by atoms with Crippen molar-refractivity contribution < 1.29 is 24.2 Å². The van der Waals surface area contributed by atoms with Crippen LogP contribution >= 0.6 is 0 Å². The Morgan fingerprint density at radius 1 is 0.914 bits per heavy atom. The molecule has 8 nitrogen and oxygen atoms in total. The minimum atomic E-state index is -0.926. The van der Waals surface area contributed by atoms with Gasteiger partial charge in [-0.1, -0.05) is 66.7 Å². The normalized spacial score (nSPS) is 17.9. The highest BCUT2D eigenvalue weighted by atomic mass is 16.5. The molecule has 176 valence electrons. The van der Waals surface area contributed by atoms with Crippen LogP contribution in [-0.2, 0) is 9.53 Å². The summed E-state index contributed by atoms with van der Waals surface area (Å²) in [6.07, 6.45) is 2.85. The Bertz CT molecular complexity index is 1290. The first kappa shape index (κ1) is 22.3. The Balaban J connectivity index is 1.20. The highest BCUT2D eigenvalue weighted by molar-refractivity contribution is 5.94. The van der Waals surface area contributed by atoms with Gasteiger partial charge in [-0.05, 0) is 40.8 Å². The standard InChI is InChI=1S/C27H23N3O5/c31-25(28-17-13-12-16(14-17)26(32)33)23-10-5-11-24(29-23)30-27(34)35-15-22-20-8-3-1-6-18(20)19-7-2-4-9-21(19)22/h1-13,16-17,22H,14-15H2,(H,28,31)(H,32,33)(H,29,30,34). The van der Waals surface area contributed by atoms with E-state index in [-0.39, 0.29) is 30.1 Å². The molecule has 1 aromatic heterocycles. The SMILES string of the molecule is O=C(Nc1cccc(C(=O)NC2C=CC(C(=O)O)C2)n1)OCC1c2ccccc2-c2ccccc21. The molecule has 8 heteroatoms. The summed E-state index contributed by atoms with van der Waals surface area (Å²) in [5.41, 5.74) is 4.62. The zero-order chi connectivity index (χ0) is 24.4. The number of carbonyl (C=O) groups excluding carboxylic acids is 2. The van der Waals surface area contributed by atoms with Crippen molar-refractivity contribution in [1.82, 2.24) is 10.3 Å². The Morgan fingerprint density at radius 2 is 1.60 bits per heavy atom. The molecule has 2 aromatic carbocycles. The molecule has 2 atom stereocenters. The van der Waals surface area contributed by atoms with Gasteiger partial charge in [-0.2, -0.15) is 0 Å². The summed E-state index contributed by atoms with van der Waals surface area (Å²) < 4.78 is 5.53. The summed E-state index contributed by atoms with van der Waals surface area (Å²) in [7, 11) is 0. The van der Waals surface area contributed by atoms with Crippen molar-refractivity contribution in [3.05, 3.63) is 95.7 Å². The van der Waals surface area contributed by atoms with Crippen LogP contribution in [0.25, 0.3) is 11.1 Å². The van der Waals surface area contributed by atoms with Gasteiger partial charge in [-0.15, -0.1) is 0 Å². The monoisotopic (exact) mass is 469 g/mol. The average molecular weight is 469 g/mol. The maximum Gasteiger partial charge on any atom is 0.412 e. The van der Waals surface area contributed by atoms with Gasteiger partial charge in [0.15, 0.2) is 0 Å². The van der Waals surface area contributed by atoms with Gasteiger partial charge in [0, 0.05) is 12.0 Å². The van der Waals surface area contributed by atoms with Crippen molar-refractivity contribution in [2.24, 2.45) is 5.92 Å². The molecule has 2 amide bonds. The van der Waals surface area contributed by atoms with Crippen molar-refractivity contribution in [2.45, 2.75) is 18.4 Å². The van der Waals surface area contributed by atoms with Gasteiger partial charge in [-0.25, -0.2) is 9.78 Å². The molecule has 2 unspecified atom stereocenters. The minimum absolute atomic E-state index is 0.0627. The number of rotatable bonds is 6. The van der Waals surface area contributed by atoms with Gasteiger partial charge < -0.3 is 15.2 Å². The van der Waals surface area contributed by atoms with E-state index in [1.54, 1.807) is 24.3 Å². The third kappa shape index (κ3) is 4.63. The molecule has 0 saturated carbocycles. The van der Waals surface area contributed by atoms with E-state index in [4.69, 9.17) is 9.84 Å². The average Bonchev–Trinajstić information content (AvgIpc) is 3.46. The number of aliphatic carboxylic acids is 1. The van der Waals surface area contributed by atoms with E-state index in [1.807, 2.05) is 36.4 Å². The number of pyridine rings is 1. The topological polar surface area (TPSA) is 118 Å². The molecule has 0 radical (unpaired) electrons. The number of nitrogens with zero attached hydrogens (tertiary/aromatic N) is 1. The maximum absolute atomic E-state index is 12.5. The number of carboxylic acid groups (broad SMARTS) is 1. The summed E-state index contributed by atoms with van der Waals surface area (Å²) in [6, 6.07) is 20.5. The number of nitrogens with one attached hydrogen (secondary N) is 2. The van der Waals surface area contributed by atoms with E-state index < -0.39 is 23.9 Å². The number of amides is 2. The molecular weight excluding hydrogens is 446 g/mol. The lowest BCUT2D eigenvalue weighted by Crippen LogP contribution is -2.34.